The first-order valence-corrected chi connectivity index (χ1v) is 26.3. The third-order valence-electron chi connectivity index (χ3n) is 13.1. The molecule has 2 atom stereocenters. The number of hydrogen-bond acceptors (Lipinski definition) is 10. The van der Waals surface area contributed by atoms with Crippen molar-refractivity contribution in [3.8, 4) is 12.1 Å². The summed E-state index contributed by atoms with van der Waals surface area (Å²) in [5.74, 6) is -2.45. The summed E-state index contributed by atoms with van der Waals surface area (Å²) in [5, 5.41) is 39.1. The Balaban J connectivity index is 0.000000231. The van der Waals surface area contributed by atoms with E-state index in [0.717, 1.165) is 43.8 Å². The van der Waals surface area contributed by atoms with Gasteiger partial charge in [0, 0.05) is 74.9 Å². The number of carbonyl (C=O) groups excluding carboxylic acids is 6. The van der Waals surface area contributed by atoms with Gasteiger partial charge in [-0.2, -0.15) is 10.5 Å². The van der Waals surface area contributed by atoms with E-state index < -0.39 is 23.9 Å². The van der Waals surface area contributed by atoms with Crippen LogP contribution >= 0.6 is 0 Å². The molecule has 0 fully saturated rings. The summed E-state index contributed by atoms with van der Waals surface area (Å²) < 4.78 is 3.69. The first kappa shape index (κ1) is 57.8. The van der Waals surface area contributed by atoms with E-state index >= 15 is 0 Å². The quantitative estimate of drug-likeness (QED) is 0.0452. The van der Waals surface area contributed by atoms with E-state index in [0.29, 0.717) is 35.6 Å². The normalized spacial score (nSPS) is 11.6. The predicted molar refractivity (Wildman–Crippen MR) is 304 cm³/mol. The standard InChI is InChI=1S/2C31H32N6O3/c2*1-21(2)30(39)35-18-28(31(40)34-16-25-8-5-7-24-6-3-4-9-27(24)25)36-29(38)14-26-17-33-20-37(26)19-23-12-10-22(15-32)11-13-23/h2*3-13,17,20-21,28H,14,16,18-19H2,1-2H3,(H,34,40)(H,35,39)(H,36,38). The first-order chi connectivity index (χ1) is 38.7. The fraction of sp³-hybridized carbons (Fsp3) is 0.258. The number of nitrogens with zero attached hydrogens (tertiary/aromatic N) is 6. The highest BCUT2D eigenvalue weighted by atomic mass is 16.2. The Bertz CT molecular complexity index is 3290. The number of nitriles is 2. The van der Waals surface area contributed by atoms with Crippen molar-refractivity contribution in [3.05, 3.63) is 203 Å². The SMILES string of the molecule is CC(C)C(=O)NCC(NC(=O)Cc1cncn1Cc1ccc(C#N)cc1)C(=O)NCc1cccc2ccccc12.CC(C)C(=O)NCC(NC(=O)Cc1cncn1Cc1ccc(C#N)cc1)C(=O)NCc1cccc2ccccc12. The van der Waals surface area contributed by atoms with Crippen LogP contribution in [-0.4, -0.2) is 79.7 Å². The topological polar surface area (TPSA) is 258 Å². The number of rotatable bonds is 22. The first-order valence-electron chi connectivity index (χ1n) is 26.3. The maximum atomic E-state index is 13.2. The molecule has 2 aromatic heterocycles. The molecular weight excluding hydrogens is 1010 g/mol. The second-order valence-corrected chi connectivity index (χ2v) is 19.7. The molecule has 0 bridgehead atoms. The van der Waals surface area contributed by atoms with Gasteiger partial charge in [0.05, 0.1) is 48.8 Å². The van der Waals surface area contributed by atoms with Crippen molar-refractivity contribution in [2.24, 2.45) is 11.8 Å². The summed E-state index contributed by atoms with van der Waals surface area (Å²) in [5.41, 5.74) is 6.31. The Kier molecular flexibility index (Phi) is 20.5. The van der Waals surface area contributed by atoms with E-state index in [1.807, 2.05) is 118 Å². The molecule has 0 saturated heterocycles. The van der Waals surface area contributed by atoms with Gasteiger partial charge in [0.15, 0.2) is 0 Å². The molecule has 2 heterocycles. The lowest BCUT2D eigenvalue weighted by molar-refractivity contribution is -0.130. The van der Waals surface area contributed by atoms with Gasteiger partial charge < -0.3 is 41.0 Å². The van der Waals surface area contributed by atoms with Gasteiger partial charge in [0.2, 0.25) is 35.4 Å². The van der Waals surface area contributed by atoms with Gasteiger partial charge in [0.25, 0.3) is 0 Å². The molecular formula is C62H64N12O6. The maximum Gasteiger partial charge on any atom is 0.244 e. The highest BCUT2D eigenvalue weighted by molar-refractivity contribution is 5.92. The molecule has 80 heavy (non-hydrogen) atoms. The zero-order valence-corrected chi connectivity index (χ0v) is 45.1. The maximum absolute atomic E-state index is 13.2. The fourth-order valence-electron chi connectivity index (χ4n) is 8.59. The van der Waals surface area contributed by atoms with Crippen LogP contribution in [0, 0.1) is 34.5 Å². The summed E-state index contributed by atoms with van der Waals surface area (Å²) in [7, 11) is 0. The molecule has 8 rings (SSSR count). The Labute approximate surface area is 464 Å². The Morgan fingerprint density at radius 1 is 0.475 bits per heavy atom. The van der Waals surface area contributed by atoms with Gasteiger partial charge in [-0.15, -0.1) is 0 Å². The second-order valence-electron chi connectivity index (χ2n) is 19.7. The van der Waals surface area contributed by atoms with E-state index in [9.17, 15) is 28.8 Å². The average molecular weight is 1070 g/mol. The zero-order chi connectivity index (χ0) is 57.0. The van der Waals surface area contributed by atoms with E-state index in [4.69, 9.17) is 10.5 Å². The summed E-state index contributed by atoms with van der Waals surface area (Å²) in [6, 6.07) is 44.3. The third-order valence-corrected chi connectivity index (χ3v) is 13.1. The Hall–Kier alpha value is -9.94. The number of carbonyl (C=O) groups is 6. The van der Waals surface area contributed by atoms with Crippen molar-refractivity contribution >= 4 is 57.0 Å². The van der Waals surface area contributed by atoms with Crippen molar-refractivity contribution in [1.29, 1.82) is 10.5 Å². The van der Waals surface area contributed by atoms with Crippen LogP contribution in [0.25, 0.3) is 21.5 Å². The smallest absolute Gasteiger partial charge is 0.244 e. The highest BCUT2D eigenvalue weighted by Crippen LogP contribution is 2.20. The number of nitrogens with one attached hydrogen (secondary N) is 6. The number of aromatic nitrogens is 4. The second kappa shape index (κ2) is 28.4. The van der Waals surface area contributed by atoms with Crippen LogP contribution in [0.5, 0.6) is 0 Å². The minimum Gasteiger partial charge on any atom is -0.353 e. The van der Waals surface area contributed by atoms with Gasteiger partial charge in [-0.25, -0.2) is 9.97 Å². The van der Waals surface area contributed by atoms with E-state index in [2.05, 4.69) is 54.0 Å². The van der Waals surface area contributed by atoms with Gasteiger partial charge in [0.1, 0.15) is 12.1 Å². The molecule has 0 spiro atoms. The fourth-order valence-corrected chi connectivity index (χ4v) is 8.59. The molecule has 0 aliphatic rings. The van der Waals surface area contributed by atoms with Crippen LogP contribution in [0.1, 0.15) is 72.5 Å². The van der Waals surface area contributed by atoms with E-state index in [-0.39, 0.29) is 74.5 Å². The Morgan fingerprint density at radius 2 is 0.850 bits per heavy atom. The molecule has 0 radical (unpaired) electrons. The lowest BCUT2D eigenvalue weighted by Gasteiger charge is -2.20. The molecule has 6 amide bonds. The van der Waals surface area contributed by atoms with Crippen LogP contribution in [-0.2, 0) is 67.8 Å². The average Bonchev–Trinajstić information content (AvgIpc) is 4.12. The summed E-state index contributed by atoms with van der Waals surface area (Å²) in [6.45, 7) is 8.50. The monoisotopic (exact) mass is 1070 g/mol. The Morgan fingerprint density at radius 3 is 1.23 bits per heavy atom. The molecule has 408 valence electrons. The molecule has 0 aliphatic carbocycles. The van der Waals surface area contributed by atoms with Crippen LogP contribution in [0.4, 0.5) is 0 Å². The zero-order valence-electron chi connectivity index (χ0n) is 45.1. The number of benzene rings is 6. The molecule has 18 heteroatoms. The number of fused-ring (bicyclic) bond motifs is 2. The molecule has 6 N–H and O–H groups in total. The van der Waals surface area contributed by atoms with Crippen LogP contribution < -0.4 is 31.9 Å². The van der Waals surface area contributed by atoms with Crippen molar-refractivity contribution in [2.45, 2.75) is 78.8 Å². The van der Waals surface area contributed by atoms with Crippen molar-refractivity contribution < 1.29 is 28.8 Å². The summed E-state index contributed by atoms with van der Waals surface area (Å²) >= 11 is 0. The molecule has 0 aliphatic heterocycles. The molecule has 8 aromatic rings. The summed E-state index contributed by atoms with van der Waals surface area (Å²) in [4.78, 5) is 85.3. The molecule has 18 nitrogen and oxygen atoms in total. The van der Waals surface area contributed by atoms with Crippen LogP contribution in [0.3, 0.4) is 0 Å². The lowest BCUT2D eigenvalue weighted by Crippen LogP contribution is -2.53. The minimum atomic E-state index is -0.958. The third kappa shape index (κ3) is 16.5. The van der Waals surface area contributed by atoms with E-state index in [1.54, 1.807) is 77.0 Å². The van der Waals surface area contributed by atoms with Gasteiger partial charge in [-0.05, 0) is 68.1 Å². The minimum absolute atomic E-state index is 0.00150. The molecule has 2 unspecified atom stereocenters. The largest absolute Gasteiger partial charge is 0.353 e. The number of amides is 6. The van der Waals surface area contributed by atoms with Crippen molar-refractivity contribution in [3.63, 3.8) is 0 Å². The molecule has 6 aromatic carbocycles. The van der Waals surface area contributed by atoms with E-state index in [1.165, 1.54) is 0 Å². The van der Waals surface area contributed by atoms with Gasteiger partial charge in [-0.1, -0.05) is 137 Å². The van der Waals surface area contributed by atoms with Crippen LogP contribution in [0.2, 0.25) is 0 Å². The van der Waals surface area contributed by atoms with Crippen LogP contribution in [0.15, 0.2) is 159 Å². The molecule has 0 saturated carbocycles. The predicted octanol–water partition coefficient (Wildman–Crippen LogP) is 6.14. The van der Waals surface area contributed by atoms with Gasteiger partial charge >= 0.3 is 0 Å². The highest BCUT2D eigenvalue weighted by Gasteiger charge is 2.25. The lowest BCUT2D eigenvalue weighted by atomic mass is 10.0. The van der Waals surface area contributed by atoms with Crippen molar-refractivity contribution in [1.82, 2.24) is 51.0 Å². The number of hydrogen-bond donors (Lipinski definition) is 6. The van der Waals surface area contributed by atoms with Gasteiger partial charge in [-0.3, -0.25) is 28.8 Å². The van der Waals surface area contributed by atoms with Crippen molar-refractivity contribution in [2.75, 3.05) is 13.1 Å². The summed E-state index contributed by atoms with van der Waals surface area (Å²) in [6.07, 6.45) is 6.50. The number of imidazole rings is 2.